The minimum Gasteiger partial charge on any atom is -0.361 e. The van der Waals surface area contributed by atoms with Gasteiger partial charge in [-0.2, -0.15) is 0 Å². The lowest BCUT2D eigenvalue weighted by molar-refractivity contribution is 0.574. The van der Waals surface area contributed by atoms with Crippen LogP contribution in [0.4, 0.5) is 0 Å². The summed E-state index contributed by atoms with van der Waals surface area (Å²) in [5, 5.41) is 4.68. The van der Waals surface area contributed by atoms with Crippen LogP contribution in [0.3, 0.4) is 0 Å². The van der Waals surface area contributed by atoms with Crippen molar-refractivity contribution in [2.75, 3.05) is 6.54 Å². The van der Waals surface area contributed by atoms with Crippen LogP contribution < -0.4 is 11.1 Å². The highest BCUT2D eigenvalue weighted by Gasteiger charge is 2.08. The van der Waals surface area contributed by atoms with Gasteiger partial charge in [-0.3, -0.25) is 0 Å². The topological polar surface area (TPSA) is 53.8 Å². The van der Waals surface area contributed by atoms with Gasteiger partial charge in [0, 0.05) is 41.1 Å². The maximum atomic E-state index is 6.26. The first-order valence-electron chi connectivity index (χ1n) is 7.51. The van der Waals surface area contributed by atoms with Gasteiger partial charge in [-0.25, -0.2) is 0 Å². The van der Waals surface area contributed by atoms with Gasteiger partial charge in [-0.1, -0.05) is 30.3 Å². The molecule has 0 radical (unpaired) electrons. The second kappa shape index (κ2) is 7.01. The van der Waals surface area contributed by atoms with E-state index in [2.05, 4.69) is 59.5 Å². The van der Waals surface area contributed by atoms with Gasteiger partial charge in [-0.15, -0.1) is 12.6 Å². The van der Waals surface area contributed by atoms with E-state index in [-0.39, 0.29) is 6.04 Å². The van der Waals surface area contributed by atoms with Gasteiger partial charge < -0.3 is 16.0 Å². The summed E-state index contributed by atoms with van der Waals surface area (Å²) in [6, 6.07) is 16.6. The Hall–Kier alpha value is -1.75. The van der Waals surface area contributed by atoms with Gasteiger partial charge in [0.2, 0.25) is 0 Å². The second-order valence-electron chi connectivity index (χ2n) is 5.62. The van der Waals surface area contributed by atoms with Crippen molar-refractivity contribution in [1.29, 1.82) is 0 Å². The van der Waals surface area contributed by atoms with Crippen molar-refractivity contribution < 1.29 is 0 Å². The van der Waals surface area contributed by atoms with Crippen LogP contribution in [0.2, 0.25) is 0 Å². The molecular weight excluding hydrogens is 290 g/mol. The monoisotopic (exact) mass is 311 g/mol. The smallest absolute Gasteiger partial charge is 0.0456 e. The van der Waals surface area contributed by atoms with Crippen LogP contribution in [0, 0.1) is 0 Å². The summed E-state index contributed by atoms with van der Waals surface area (Å²) in [6.45, 7) is 1.60. The number of hydrogen-bond donors (Lipinski definition) is 4. The zero-order valence-electron chi connectivity index (χ0n) is 12.4. The summed E-state index contributed by atoms with van der Waals surface area (Å²) >= 11 is 4.35. The minimum absolute atomic E-state index is 0.0957. The summed E-state index contributed by atoms with van der Waals surface area (Å²) < 4.78 is 0. The third-order valence-corrected chi connectivity index (χ3v) is 4.08. The number of aromatic nitrogens is 1. The van der Waals surface area contributed by atoms with Crippen LogP contribution in [0.5, 0.6) is 0 Å². The molecule has 114 valence electrons. The number of benzene rings is 2. The number of nitrogens with one attached hydrogen (secondary N) is 2. The molecular formula is C18H21N3S. The second-order valence-corrected chi connectivity index (χ2v) is 6.14. The van der Waals surface area contributed by atoms with Crippen molar-refractivity contribution >= 4 is 23.5 Å². The van der Waals surface area contributed by atoms with Crippen molar-refractivity contribution in [3.63, 3.8) is 0 Å². The number of thiol groups is 1. The molecule has 0 saturated carbocycles. The lowest BCUT2D eigenvalue weighted by atomic mass is 10.1. The Kier molecular flexibility index (Phi) is 4.83. The Morgan fingerprint density at radius 1 is 1.14 bits per heavy atom. The summed E-state index contributed by atoms with van der Waals surface area (Å²) in [6.07, 6.45) is 2.93. The molecule has 0 aliphatic carbocycles. The van der Waals surface area contributed by atoms with Crippen LogP contribution in [-0.4, -0.2) is 17.6 Å². The highest BCUT2D eigenvalue weighted by molar-refractivity contribution is 7.80. The first-order chi connectivity index (χ1) is 10.7. The Bertz CT molecular complexity index is 751. The van der Waals surface area contributed by atoms with E-state index >= 15 is 0 Å². The van der Waals surface area contributed by atoms with Crippen LogP contribution in [0.15, 0.2) is 59.6 Å². The molecule has 1 aromatic heterocycles. The average molecular weight is 311 g/mol. The van der Waals surface area contributed by atoms with E-state index in [1.165, 1.54) is 22.0 Å². The Balaban J connectivity index is 1.53. The Morgan fingerprint density at radius 2 is 2.00 bits per heavy atom. The van der Waals surface area contributed by atoms with E-state index < -0.39 is 0 Å². The predicted molar refractivity (Wildman–Crippen MR) is 95.4 cm³/mol. The van der Waals surface area contributed by atoms with Crippen LogP contribution in [0.25, 0.3) is 10.9 Å². The van der Waals surface area contributed by atoms with E-state index in [1.807, 2.05) is 18.2 Å². The number of rotatable bonds is 6. The first kappa shape index (κ1) is 15.2. The third-order valence-electron chi connectivity index (χ3n) is 3.80. The maximum absolute atomic E-state index is 6.26. The number of para-hydroxylation sites is 1. The molecule has 0 amide bonds. The molecule has 3 nitrogen and oxygen atoms in total. The highest BCUT2D eigenvalue weighted by Crippen LogP contribution is 2.18. The van der Waals surface area contributed by atoms with Crippen molar-refractivity contribution in [3.8, 4) is 0 Å². The van der Waals surface area contributed by atoms with E-state index in [0.29, 0.717) is 0 Å². The Morgan fingerprint density at radius 3 is 2.86 bits per heavy atom. The molecule has 0 bridgehead atoms. The number of hydrogen-bond acceptors (Lipinski definition) is 3. The van der Waals surface area contributed by atoms with Crippen LogP contribution >= 0.6 is 12.6 Å². The normalized spacial score (nSPS) is 12.6. The average Bonchev–Trinajstić information content (AvgIpc) is 2.91. The summed E-state index contributed by atoms with van der Waals surface area (Å²) in [7, 11) is 0. The zero-order chi connectivity index (χ0) is 15.4. The van der Waals surface area contributed by atoms with Gasteiger partial charge in [0.05, 0.1) is 0 Å². The molecule has 0 unspecified atom stereocenters. The van der Waals surface area contributed by atoms with Gasteiger partial charge >= 0.3 is 0 Å². The molecule has 0 aliphatic rings. The third kappa shape index (κ3) is 3.71. The van der Waals surface area contributed by atoms with Crippen LogP contribution in [-0.2, 0) is 13.0 Å². The summed E-state index contributed by atoms with van der Waals surface area (Å²) in [5.41, 5.74) is 9.94. The lowest BCUT2D eigenvalue weighted by Gasteiger charge is -2.12. The summed E-state index contributed by atoms with van der Waals surface area (Å²) in [5.74, 6) is 0. The molecule has 0 aliphatic heterocycles. The fourth-order valence-electron chi connectivity index (χ4n) is 2.72. The molecule has 1 atom stereocenters. The number of fused-ring (bicyclic) bond motifs is 1. The highest BCUT2D eigenvalue weighted by atomic mass is 32.1. The van der Waals surface area contributed by atoms with E-state index in [9.17, 15) is 0 Å². The Labute approximate surface area is 136 Å². The molecule has 22 heavy (non-hydrogen) atoms. The standard InChI is InChI=1S/C18H21N3S/c19-15(12-20-10-13-4-3-5-16(22)8-13)9-14-11-21-18-7-2-1-6-17(14)18/h1-8,11,15,20-22H,9-10,12,19H2/t15-/m1/s1. The summed E-state index contributed by atoms with van der Waals surface area (Å²) in [4.78, 5) is 4.29. The van der Waals surface area contributed by atoms with Crippen molar-refractivity contribution in [3.05, 3.63) is 65.9 Å². The number of nitrogens with two attached hydrogens (primary N) is 1. The van der Waals surface area contributed by atoms with Crippen molar-refractivity contribution in [1.82, 2.24) is 10.3 Å². The fraction of sp³-hybridized carbons (Fsp3) is 0.222. The van der Waals surface area contributed by atoms with E-state index in [0.717, 1.165) is 24.4 Å². The largest absolute Gasteiger partial charge is 0.361 e. The molecule has 0 spiro atoms. The molecule has 4 heteroatoms. The molecule has 3 rings (SSSR count). The first-order valence-corrected chi connectivity index (χ1v) is 7.96. The van der Waals surface area contributed by atoms with E-state index in [4.69, 9.17) is 5.73 Å². The number of aromatic amines is 1. The lowest BCUT2D eigenvalue weighted by Crippen LogP contribution is -2.35. The minimum atomic E-state index is 0.0957. The molecule has 1 heterocycles. The molecule has 3 aromatic rings. The predicted octanol–water partition coefficient (Wildman–Crippen LogP) is 3.12. The van der Waals surface area contributed by atoms with Crippen molar-refractivity contribution in [2.45, 2.75) is 23.9 Å². The zero-order valence-corrected chi connectivity index (χ0v) is 13.3. The number of H-pyrrole nitrogens is 1. The SMILES string of the molecule is N[C@@H](CNCc1cccc(S)c1)Cc1c[nH]c2ccccc12. The molecule has 0 fully saturated rings. The van der Waals surface area contributed by atoms with Gasteiger partial charge in [0.15, 0.2) is 0 Å². The quantitative estimate of drug-likeness (QED) is 0.529. The molecule has 0 saturated heterocycles. The van der Waals surface area contributed by atoms with Gasteiger partial charge in [0.25, 0.3) is 0 Å². The molecule has 4 N–H and O–H groups in total. The maximum Gasteiger partial charge on any atom is 0.0456 e. The van der Waals surface area contributed by atoms with Gasteiger partial charge in [0.1, 0.15) is 0 Å². The van der Waals surface area contributed by atoms with Crippen LogP contribution in [0.1, 0.15) is 11.1 Å². The van der Waals surface area contributed by atoms with E-state index in [1.54, 1.807) is 0 Å². The fourth-order valence-corrected chi connectivity index (χ4v) is 2.98. The molecule has 2 aromatic carbocycles. The van der Waals surface area contributed by atoms with Crippen molar-refractivity contribution in [2.24, 2.45) is 5.73 Å². The van der Waals surface area contributed by atoms with Gasteiger partial charge in [-0.05, 0) is 35.7 Å².